The number of amides is 1. The Balaban J connectivity index is 1.23. The van der Waals surface area contributed by atoms with E-state index in [0.29, 0.717) is 11.3 Å². The second kappa shape index (κ2) is 11.5. The van der Waals surface area contributed by atoms with Gasteiger partial charge in [0.2, 0.25) is 11.0 Å². The van der Waals surface area contributed by atoms with E-state index in [1.807, 2.05) is 30.3 Å². The number of carbonyl (C=O) groups excluding carboxylic acids is 1. The lowest BCUT2D eigenvalue weighted by molar-refractivity contribution is -0.137. The highest BCUT2D eigenvalue weighted by Gasteiger charge is 2.45. The lowest BCUT2D eigenvalue weighted by Crippen LogP contribution is -2.45. The molecule has 44 heavy (non-hydrogen) atoms. The van der Waals surface area contributed by atoms with E-state index >= 15 is 0 Å². The number of pyridine rings is 2. The van der Waals surface area contributed by atoms with E-state index < -0.39 is 44.6 Å². The minimum absolute atomic E-state index is 0.0170. The predicted octanol–water partition coefficient (Wildman–Crippen LogP) is 5.91. The zero-order valence-corrected chi connectivity index (χ0v) is 23.6. The average Bonchev–Trinajstić information content (AvgIpc) is 3.66. The van der Waals surface area contributed by atoms with Crippen LogP contribution in [0, 0.1) is 5.82 Å². The number of aromatic nitrogens is 2. The molecule has 1 aliphatic rings. The summed E-state index contributed by atoms with van der Waals surface area (Å²) in [5.41, 5.74) is 1.36. The molecule has 0 spiro atoms. The van der Waals surface area contributed by atoms with Crippen molar-refractivity contribution in [1.82, 2.24) is 19.6 Å². The fraction of sp³-hybridized carbons (Fsp3) is 0.194. The highest BCUT2D eigenvalue weighted by atomic mass is 32.2. The van der Waals surface area contributed by atoms with Crippen LogP contribution in [0.1, 0.15) is 29.2 Å². The number of furan rings is 1. The van der Waals surface area contributed by atoms with E-state index in [1.165, 1.54) is 30.5 Å². The van der Waals surface area contributed by atoms with Crippen LogP contribution < -0.4 is 5.32 Å². The molecule has 1 amide bonds. The molecule has 0 saturated carbocycles. The molecule has 0 unspecified atom stereocenters. The molecule has 1 aliphatic heterocycles. The first-order valence-electron chi connectivity index (χ1n) is 13.5. The molecular weight excluding hydrogens is 600 g/mol. The quantitative estimate of drug-likeness (QED) is 0.226. The number of halogens is 4. The minimum Gasteiger partial charge on any atom is -0.443 e. The van der Waals surface area contributed by atoms with Crippen LogP contribution in [0.2, 0.25) is 0 Å². The highest BCUT2D eigenvalue weighted by Crippen LogP contribution is 2.37. The van der Waals surface area contributed by atoms with Gasteiger partial charge in [-0.15, -0.1) is 0 Å². The van der Waals surface area contributed by atoms with Crippen molar-refractivity contribution < 1.29 is 35.2 Å². The third-order valence-electron chi connectivity index (χ3n) is 7.49. The van der Waals surface area contributed by atoms with E-state index in [0.717, 1.165) is 28.2 Å². The Morgan fingerprint density at radius 2 is 1.80 bits per heavy atom. The number of benzene rings is 2. The highest BCUT2D eigenvalue weighted by molar-refractivity contribution is 7.89. The normalized spacial score (nSPS) is 17.6. The topological polar surface area (TPSA) is 105 Å². The molecule has 3 aromatic heterocycles. The van der Waals surface area contributed by atoms with Crippen molar-refractivity contribution in [3.8, 4) is 11.3 Å². The van der Waals surface area contributed by atoms with Crippen molar-refractivity contribution in [2.24, 2.45) is 0 Å². The Hall–Kier alpha value is -4.62. The fourth-order valence-electron chi connectivity index (χ4n) is 5.27. The molecule has 0 radical (unpaired) electrons. The summed E-state index contributed by atoms with van der Waals surface area (Å²) in [4.78, 5) is 21.7. The summed E-state index contributed by atoms with van der Waals surface area (Å²) in [6.45, 7) is -0.0548. The van der Waals surface area contributed by atoms with Crippen LogP contribution in [0.3, 0.4) is 0 Å². The summed E-state index contributed by atoms with van der Waals surface area (Å²) in [6.07, 6.45) is -2.12. The maximum atomic E-state index is 13.8. The van der Waals surface area contributed by atoms with Crippen LogP contribution in [0.5, 0.6) is 0 Å². The van der Waals surface area contributed by atoms with E-state index in [9.17, 15) is 30.8 Å². The van der Waals surface area contributed by atoms with Gasteiger partial charge in [-0.1, -0.05) is 30.3 Å². The van der Waals surface area contributed by atoms with Gasteiger partial charge in [-0.2, -0.15) is 17.5 Å². The maximum absolute atomic E-state index is 13.8. The molecule has 2 aromatic carbocycles. The van der Waals surface area contributed by atoms with Crippen molar-refractivity contribution in [1.29, 1.82) is 0 Å². The third-order valence-corrected chi connectivity index (χ3v) is 9.23. The number of rotatable bonds is 7. The summed E-state index contributed by atoms with van der Waals surface area (Å²) in [6, 6.07) is 18.4. The van der Waals surface area contributed by atoms with Crippen LogP contribution in [-0.2, 0) is 27.5 Å². The fourth-order valence-corrected chi connectivity index (χ4v) is 6.87. The maximum Gasteiger partial charge on any atom is 0.417 e. The lowest BCUT2D eigenvalue weighted by Gasteiger charge is -2.22. The summed E-state index contributed by atoms with van der Waals surface area (Å²) < 4.78 is 86.8. The van der Waals surface area contributed by atoms with Crippen LogP contribution in [0.15, 0.2) is 101 Å². The molecular formula is C31H24F4N4O4S. The van der Waals surface area contributed by atoms with Gasteiger partial charge < -0.3 is 9.73 Å². The summed E-state index contributed by atoms with van der Waals surface area (Å²) >= 11 is 0. The Morgan fingerprint density at radius 1 is 1.00 bits per heavy atom. The van der Waals surface area contributed by atoms with Crippen LogP contribution in [0.25, 0.3) is 22.2 Å². The molecule has 0 aliphatic carbocycles. The van der Waals surface area contributed by atoms with Crippen LogP contribution >= 0.6 is 0 Å². The predicted molar refractivity (Wildman–Crippen MR) is 152 cm³/mol. The molecule has 8 nitrogen and oxygen atoms in total. The van der Waals surface area contributed by atoms with Gasteiger partial charge in [0.05, 0.1) is 23.5 Å². The van der Waals surface area contributed by atoms with Crippen molar-refractivity contribution in [3.05, 3.63) is 114 Å². The van der Waals surface area contributed by atoms with Crippen molar-refractivity contribution in [3.63, 3.8) is 0 Å². The Bertz CT molecular complexity index is 1930. The molecule has 1 N–H and O–H groups in total. The largest absolute Gasteiger partial charge is 0.443 e. The first-order valence-corrected chi connectivity index (χ1v) is 15.0. The second-order valence-corrected chi connectivity index (χ2v) is 12.2. The van der Waals surface area contributed by atoms with Crippen LogP contribution in [-0.4, -0.2) is 41.2 Å². The zero-order chi connectivity index (χ0) is 31.1. The number of hydrogen-bond acceptors (Lipinski definition) is 6. The Labute approximate surface area is 249 Å². The number of nitrogens with zero attached hydrogens (tertiary/aromatic N) is 3. The van der Waals surface area contributed by atoms with E-state index in [-0.39, 0.29) is 42.1 Å². The number of carbonyl (C=O) groups is 1. The van der Waals surface area contributed by atoms with E-state index in [1.54, 1.807) is 12.1 Å². The van der Waals surface area contributed by atoms with Crippen LogP contribution in [0.4, 0.5) is 17.6 Å². The lowest BCUT2D eigenvalue weighted by atomic mass is 9.96. The standard InChI is InChI=1S/C31H24F4N4O4S/c32-24-7-9-28-21(12-24)15-29(43-28)44(41,42)39-18-22(19-4-2-1-3-5-19)14-27(39)30(40)38-17-25-13-20(10-11-36-25)26-8-6-23(16-37-26)31(33,34)35/h1-13,15-16,22,27H,14,17-18H2,(H,38,40)/t22-,27+/m1/s1. The number of fused-ring (bicyclic) bond motifs is 1. The molecule has 0 bridgehead atoms. The summed E-state index contributed by atoms with van der Waals surface area (Å²) in [5, 5.41) is 2.63. The van der Waals surface area contributed by atoms with E-state index in [2.05, 4.69) is 15.3 Å². The number of hydrogen-bond donors (Lipinski definition) is 1. The van der Waals surface area contributed by atoms with Gasteiger partial charge in [-0.25, -0.2) is 12.8 Å². The van der Waals surface area contributed by atoms with Gasteiger partial charge in [-0.3, -0.25) is 14.8 Å². The molecule has 1 saturated heterocycles. The summed E-state index contributed by atoms with van der Waals surface area (Å²) in [5.74, 6) is -1.39. The van der Waals surface area contributed by atoms with Gasteiger partial charge in [0.15, 0.2) is 0 Å². The first-order chi connectivity index (χ1) is 21.0. The van der Waals surface area contributed by atoms with Crippen molar-refractivity contribution >= 4 is 26.9 Å². The molecule has 226 valence electrons. The first kappa shape index (κ1) is 29.5. The van der Waals surface area contributed by atoms with Gasteiger partial charge in [-0.05, 0) is 60.4 Å². The van der Waals surface area contributed by atoms with Gasteiger partial charge in [0.25, 0.3) is 10.0 Å². The number of alkyl halides is 3. The zero-order valence-electron chi connectivity index (χ0n) is 22.8. The third kappa shape index (κ3) is 5.92. The number of sulfonamides is 1. The minimum atomic E-state index is -4.51. The van der Waals surface area contributed by atoms with Gasteiger partial charge >= 0.3 is 6.18 Å². The monoisotopic (exact) mass is 624 g/mol. The van der Waals surface area contributed by atoms with Gasteiger partial charge in [0.1, 0.15) is 17.4 Å². The smallest absolute Gasteiger partial charge is 0.417 e. The Kier molecular flexibility index (Phi) is 7.68. The molecule has 2 atom stereocenters. The molecule has 5 aromatic rings. The second-order valence-electron chi connectivity index (χ2n) is 10.4. The van der Waals surface area contributed by atoms with Crippen molar-refractivity contribution in [2.45, 2.75) is 36.2 Å². The van der Waals surface area contributed by atoms with Crippen molar-refractivity contribution in [2.75, 3.05) is 6.54 Å². The van der Waals surface area contributed by atoms with Gasteiger partial charge in [0, 0.05) is 36.0 Å². The average molecular weight is 625 g/mol. The molecule has 1 fully saturated rings. The molecule has 13 heteroatoms. The Morgan fingerprint density at radius 3 is 2.52 bits per heavy atom. The molecule has 6 rings (SSSR count). The number of nitrogens with one attached hydrogen (secondary N) is 1. The molecule has 4 heterocycles. The van der Waals surface area contributed by atoms with E-state index in [4.69, 9.17) is 4.42 Å². The summed E-state index contributed by atoms with van der Waals surface area (Å²) in [7, 11) is -4.31. The SMILES string of the molecule is O=C(NCc1cc(-c2ccc(C(F)(F)F)cn2)ccn1)[C@@H]1C[C@@H](c2ccccc2)CN1S(=O)(=O)c1cc2cc(F)ccc2o1.